The lowest BCUT2D eigenvalue weighted by molar-refractivity contribution is 0.579. The smallest absolute Gasteiger partial charge is 0.240 e. The van der Waals surface area contributed by atoms with Crippen molar-refractivity contribution in [3.63, 3.8) is 0 Å². The van der Waals surface area contributed by atoms with E-state index in [4.69, 9.17) is 5.73 Å². The maximum atomic E-state index is 13.4. The van der Waals surface area contributed by atoms with Gasteiger partial charge < -0.3 is 5.73 Å². The average molecular weight is 338 g/mol. The minimum Gasteiger partial charge on any atom is -0.389 e. The lowest BCUT2D eigenvalue weighted by atomic mass is 10.2. The molecule has 0 aliphatic carbocycles. The van der Waals surface area contributed by atoms with Gasteiger partial charge in [0, 0.05) is 34.9 Å². The summed E-state index contributed by atoms with van der Waals surface area (Å²) in [5, 5.41) is 0. The summed E-state index contributed by atoms with van der Waals surface area (Å²) in [6.07, 6.45) is 1.99. The highest BCUT2D eigenvalue weighted by Gasteiger charge is 2.16. The number of thiocarbonyl (C=S) groups is 1. The largest absolute Gasteiger partial charge is 0.389 e. The van der Waals surface area contributed by atoms with Crippen LogP contribution in [0.2, 0.25) is 0 Å². The molecular formula is C11H15FN2O3S3. The molecule has 1 unspecified atom stereocenters. The first-order chi connectivity index (χ1) is 9.24. The van der Waals surface area contributed by atoms with Gasteiger partial charge in [0.15, 0.2) is 0 Å². The van der Waals surface area contributed by atoms with Crippen LogP contribution in [0.25, 0.3) is 0 Å². The van der Waals surface area contributed by atoms with Crippen LogP contribution in [0.1, 0.15) is 12.0 Å². The molecule has 0 bridgehead atoms. The molecule has 1 atom stereocenters. The van der Waals surface area contributed by atoms with Gasteiger partial charge in [-0.05, 0) is 24.6 Å². The Morgan fingerprint density at radius 1 is 1.50 bits per heavy atom. The van der Waals surface area contributed by atoms with Gasteiger partial charge in [0.05, 0.1) is 4.90 Å². The van der Waals surface area contributed by atoms with Crippen molar-refractivity contribution in [3.05, 3.63) is 29.6 Å². The van der Waals surface area contributed by atoms with Crippen molar-refractivity contribution in [1.29, 1.82) is 0 Å². The van der Waals surface area contributed by atoms with Crippen molar-refractivity contribution < 1.29 is 17.0 Å². The minimum atomic E-state index is -3.76. The van der Waals surface area contributed by atoms with Gasteiger partial charge in [-0.2, -0.15) is 0 Å². The fourth-order valence-corrected chi connectivity index (χ4v) is 3.23. The standard InChI is InChI=1S/C11H15FN2O3S3/c1-19(15)6-2-5-14-20(16,17)8-3-4-10(12)9(7-8)11(13)18/h3-4,7,14H,2,5-6H2,1H3,(H2,13,18). The molecule has 112 valence electrons. The number of sulfonamides is 1. The molecule has 0 amide bonds. The van der Waals surface area contributed by atoms with E-state index in [2.05, 4.69) is 16.9 Å². The van der Waals surface area contributed by atoms with E-state index in [1.807, 2.05) is 0 Å². The van der Waals surface area contributed by atoms with E-state index >= 15 is 0 Å². The third-order valence-corrected chi connectivity index (χ3v) is 4.96. The third-order valence-electron chi connectivity index (χ3n) is 2.41. The number of nitrogens with two attached hydrogens (primary N) is 1. The molecule has 3 N–H and O–H groups in total. The fourth-order valence-electron chi connectivity index (χ4n) is 1.43. The van der Waals surface area contributed by atoms with E-state index < -0.39 is 26.6 Å². The van der Waals surface area contributed by atoms with Gasteiger partial charge >= 0.3 is 0 Å². The zero-order valence-electron chi connectivity index (χ0n) is 10.8. The lowest BCUT2D eigenvalue weighted by Crippen LogP contribution is -2.26. The second-order valence-corrected chi connectivity index (χ2v) is 7.80. The fraction of sp³-hybridized carbons (Fsp3) is 0.364. The van der Waals surface area contributed by atoms with Crippen molar-refractivity contribution in [1.82, 2.24) is 4.72 Å². The van der Waals surface area contributed by atoms with Crippen LogP contribution in [0, 0.1) is 5.82 Å². The molecule has 0 aliphatic heterocycles. The highest BCUT2D eigenvalue weighted by Crippen LogP contribution is 2.15. The Morgan fingerprint density at radius 2 is 2.15 bits per heavy atom. The van der Waals surface area contributed by atoms with E-state index in [1.165, 1.54) is 0 Å². The Hall–Kier alpha value is -0.900. The molecule has 1 aromatic rings. The molecule has 0 aromatic heterocycles. The molecule has 0 aliphatic rings. The van der Waals surface area contributed by atoms with Gasteiger partial charge in [0.25, 0.3) is 0 Å². The van der Waals surface area contributed by atoms with E-state index in [-0.39, 0.29) is 22.0 Å². The predicted molar refractivity (Wildman–Crippen MR) is 81.0 cm³/mol. The lowest BCUT2D eigenvalue weighted by Gasteiger charge is -2.08. The Morgan fingerprint density at radius 3 is 2.70 bits per heavy atom. The van der Waals surface area contributed by atoms with E-state index in [1.54, 1.807) is 6.26 Å². The van der Waals surface area contributed by atoms with Gasteiger partial charge in [-0.1, -0.05) is 12.2 Å². The van der Waals surface area contributed by atoms with Crippen LogP contribution >= 0.6 is 12.2 Å². The second-order valence-electron chi connectivity index (χ2n) is 4.03. The Balaban J connectivity index is 2.85. The summed E-state index contributed by atoms with van der Waals surface area (Å²) in [5.41, 5.74) is 5.21. The summed E-state index contributed by atoms with van der Waals surface area (Å²) in [6.45, 7) is 0.154. The first kappa shape index (κ1) is 17.2. The first-order valence-corrected chi connectivity index (χ1v) is 9.25. The molecule has 0 heterocycles. The van der Waals surface area contributed by atoms with Crippen molar-refractivity contribution in [2.75, 3.05) is 18.6 Å². The first-order valence-electron chi connectivity index (χ1n) is 5.63. The molecule has 0 saturated carbocycles. The van der Waals surface area contributed by atoms with Gasteiger partial charge in [-0.3, -0.25) is 4.21 Å². The van der Waals surface area contributed by atoms with Crippen LogP contribution in [0.3, 0.4) is 0 Å². The maximum absolute atomic E-state index is 13.4. The highest BCUT2D eigenvalue weighted by molar-refractivity contribution is 7.89. The summed E-state index contributed by atoms with van der Waals surface area (Å²) in [5.74, 6) is -0.262. The van der Waals surface area contributed by atoms with E-state index in [0.29, 0.717) is 12.2 Å². The van der Waals surface area contributed by atoms with Gasteiger partial charge in [0.1, 0.15) is 10.8 Å². The molecular weight excluding hydrogens is 323 g/mol. The molecule has 20 heavy (non-hydrogen) atoms. The summed E-state index contributed by atoms with van der Waals surface area (Å²) in [6, 6.07) is 3.24. The topological polar surface area (TPSA) is 89.3 Å². The molecule has 0 saturated heterocycles. The SMILES string of the molecule is CS(=O)CCCNS(=O)(=O)c1ccc(F)c(C(N)=S)c1. The van der Waals surface area contributed by atoms with Crippen molar-refractivity contribution in [2.24, 2.45) is 5.73 Å². The van der Waals surface area contributed by atoms with Crippen LogP contribution < -0.4 is 10.5 Å². The molecule has 5 nitrogen and oxygen atoms in total. The number of hydrogen-bond donors (Lipinski definition) is 2. The second kappa shape index (κ2) is 7.21. The Labute approximate surface area is 125 Å². The summed E-state index contributed by atoms with van der Waals surface area (Å²) < 4.78 is 50.5. The highest BCUT2D eigenvalue weighted by atomic mass is 32.2. The van der Waals surface area contributed by atoms with Crippen LogP contribution in [-0.2, 0) is 20.8 Å². The summed E-state index contributed by atoms with van der Waals surface area (Å²) in [4.78, 5) is -0.319. The Kier molecular flexibility index (Phi) is 6.18. The third kappa shape index (κ3) is 4.89. The summed E-state index contributed by atoms with van der Waals surface area (Å²) in [7, 11) is -4.73. The summed E-state index contributed by atoms with van der Waals surface area (Å²) >= 11 is 4.66. The number of hydrogen-bond acceptors (Lipinski definition) is 4. The average Bonchev–Trinajstić information content (AvgIpc) is 2.34. The zero-order valence-corrected chi connectivity index (χ0v) is 13.2. The zero-order chi connectivity index (χ0) is 15.3. The molecule has 0 radical (unpaired) electrons. The number of halogens is 1. The molecule has 0 fully saturated rings. The molecule has 1 rings (SSSR count). The normalized spacial score (nSPS) is 13.1. The molecule has 0 spiro atoms. The number of benzene rings is 1. The Bertz CT molecular complexity index is 632. The number of nitrogens with one attached hydrogen (secondary N) is 1. The van der Waals surface area contributed by atoms with E-state index in [0.717, 1.165) is 18.2 Å². The quantitative estimate of drug-likeness (QED) is 0.558. The van der Waals surface area contributed by atoms with Crippen LogP contribution in [-0.4, -0.2) is 36.2 Å². The van der Waals surface area contributed by atoms with E-state index in [9.17, 15) is 17.0 Å². The van der Waals surface area contributed by atoms with Crippen molar-refractivity contribution in [2.45, 2.75) is 11.3 Å². The van der Waals surface area contributed by atoms with Gasteiger partial charge in [-0.25, -0.2) is 17.5 Å². The molecule has 1 aromatic carbocycles. The van der Waals surface area contributed by atoms with Gasteiger partial charge in [0.2, 0.25) is 10.0 Å². The van der Waals surface area contributed by atoms with Crippen LogP contribution in [0.15, 0.2) is 23.1 Å². The predicted octanol–water partition coefficient (Wildman–Crippen LogP) is 0.507. The van der Waals surface area contributed by atoms with Gasteiger partial charge in [-0.15, -0.1) is 0 Å². The van der Waals surface area contributed by atoms with Crippen molar-refractivity contribution in [3.8, 4) is 0 Å². The molecule has 9 heteroatoms. The van der Waals surface area contributed by atoms with Crippen molar-refractivity contribution >= 4 is 38.0 Å². The minimum absolute atomic E-state index is 0.112. The maximum Gasteiger partial charge on any atom is 0.240 e. The van der Waals surface area contributed by atoms with Crippen LogP contribution in [0.4, 0.5) is 4.39 Å². The number of rotatable bonds is 7. The monoisotopic (exact) mass is 338 g/mol. The van der Waals surface area contributed by atoms with Crippen LogP contribution in [0.5, 0.6) is 0 Å².